The first-order valence-corrected chi connectivity index (χ1v) is 12.4. The number of amides is 1. The minimum absolute atomic E-state index is 0.0618. The molecule has 0 atom stereocenters. The predicted octanol–water partition coefficient (Wildman–Crippen LogP) is 5.77. The van der Waals surface area contributed by atoms with Crippen molar-refractivity contribution in [2.75, 3.05) is 36.5 Å². The molecule has 4 heterocycles. The van der Waals surface area contributed by atoms with Crippen LogP contribution in [-0.2, 0) is 10.2 Å². The molecule has 1 amide bonds. The number of benzene rings is 1. The lowest BCUT2D eigenvalue weighted by Gasteiger charge is -2.29. The third kappa shape index (κ3) is 5.06. The Morgan fingerprint density at radius 2 is 1.79 bits per heavy atom. The van der Waals surface area contributed by atoms with Gasteiger partial charge in [-0.1, -0.05) is 0 Å². The maximum atomic E-state index is 15.0. The zero-order valence-electron chi connectivity index (χ0n) is 21.6. The molecule has 0 bridgehead atoms. The monoisotopic (exact) mass is 541 g/mol. The Bertz CT molecular complexity index is 1540. The number of hydrogen-bond acceptors (Lipinski definition) is 5. The fourth-order valence-corrected chi connectivity index (χ4v) is 4.53. The number of alkyl halides is 3. The number of fused-ring (bicyclic) bond motifs is 1. The number of carbonyl (C=O) groups is 1. The molecule has 11 heteroatoms. The van der Waals surface area contributed by atoms with E-state index in [0.29, 0.717) is 37.4 Å². The van der Waals surface area contributed by atoms with Gasteiger partial charge in [-0.2, -0.15) is 13.2 Å². The highest BCUT2D eigenvalue weighted by atomic mass is 19.4. The SMILES string of the molecule is Cc1cc(F)c(NC(=O)c2ccnc(C(C)(C)C(F)(F)F)c2)cc1-c1cc(N2CCOCC2)c2nccn2c1. The Morgan fingerprint density at radius 3 is 2.51 bits per heavy atom. The molecular weight excluding hydrogens is 514 g/mol. The highest BCUT2D eigenvalue weighted by Crippen LogP contribution is 2.40. The lowest BCUT2D eigenvalue weighted by atomic mass is 9.87. The van der Waals surface area contributed by atoms with Crippen LogP contribution in [0.2, 0.25) is 0 Å². The molecule has 1 aliphatic rings. The Balaban J connectivity index is 1.49. The van der Waals surface area contributed by atoms with Gasteiger partial charge in [0.15, 0.2) is 5.65 Å². The number of aryl methyl sites for hydroxylation is 1. The van der Waals surface area contributed by atoms with Gasteiger partial charge in [-0.05, 0) is 62.2 Å². The van der Waals surface area contributed by atoms with Crippen molar-refractivity contribution in [3.8, 4) is 11.1 Å². The number of aromatic nitrogens is 3. The molecule has 1 aromatic carbocycles. The van der Waals surface area contributed by atoms with Crippen molar-refractivity contribution in [1.82, 2.24) is 14.4 Å². The fraction of sp³-hybridized carbons (Fsp3) is 0.321. The summed E-state index contributed by atoms with van der Waals surface area (Å²) in [6.07, 6.45) is 1.99. The van der Waals surface area contributed by atoms with E-state index in [1.165, 1.54) is 18.2 Å². The first kappa shape index (κ1) is 26.6. The summed E-state index contributed by atoms with van der Waals surface area (Å²) in [4.78, 5) is 23.5. The molecule has 4 aromatic rings. The van der Waals surface area contributed by atoms with E-state index in [9.17, 15) is 18.0 Å². The van der Waals surface area contributed by atoms with Crippen molar-refractivity contribution >= 4 is 22.9 Å². The summed E-state index contributed by atoms with van der Waals surface area (Å²) in [5.74, 6) is -1.41. The van der Waals surface area contributed by atoms with Gasteiger partial charge in [0.25, 0.3) is 5.91 Å². The van der Waals surface area contributed by atoms with Crippen LogP contribution in [0, 0.1) is 12.7 Å². The summed E-state index contributed by atoms with van der Waals surface area (Å²) in [6.45, 7) is 6.35. The molecule has 1 aliphatic heterocycles. The van der Waals surface area contributed by atoms with E-state index >= 15 is 4.39 Å². The van der Waals surface area contributed by atoms with Gasteiger partial charge < -0.3 is 19.4 Å². The summed E-state index contributed by atoms with van der Waals surface area (Å²) in [5.41, 5.74) is 1.08. The number of hydrogen-bond donors (Lipinski definition) is 1. The van der Waals surface area contributed by atoms with E-state index in [1.807, 2.05) is 22.9 Å². The Labute approximate surface area is 222 Å². The molecule has 7 nitrogen and oxygen atoms in total. The Morgan fingerprint density at radius 1 is 1.05 bits per heavy atom. The molecule has 0 radical (unpaired) electrons. The number of pyridine rings is 2. The molecule has 0 spiro atoms. The number of morpholine rings is 1. The fourth-order valence-electron chi connectivity index (χ4n) is 4.53. The first-order valence-electron chi connectivity index (χ1n) is 12.4. The number of anilines is 2. The second-order valence-electron chi connectivity index (χ2n) is 10.0. The second-order valence-corrected chi connectivity index (χ2v) is 10.0. The number of imidazole rings is 1. The van der Waals surface area contributed by atoms with E-state index in [-0.39, 0.29) is 16.9 Å². The van der Waals surface area contributed by atoms with Crippen molar-refractivity contribution in [1.29, 1.82) is 0 Å². The van der Waals surface area contributed by atoms with Gasteiger partial charge in [-0.3, -0.25) is 9.78 Å². The molecule has 204 valence electrons. The molecule has 0 aliphatic carbocycles. The molecule has 3 aromatic heterocycles. The number of carbonyl (C=O) groups excluding carboxylic acids is 1. The van der Waals surface area contributed by atoms with Crippen LogP contribution in [0.4, 0.5) is 28.9 Å². The largest absolute Gasteiger partial charge is 0.399 e. The minimum Gasteiger partial charge on any atom is -0.378 e. The summed E-state index contributed by atoms with van der Waals surface area (Å²) in [5, 5.41) is 2.52. The van der Waals surface area contributed by atoms with E-state index in [2.05, 4.69) is 20.2 Å². The molecule has 0 saturated carbocycles. The van der Waals surface area contributed by atoms with Gasteiger partial charge in [-0.15, -0.1) is 0 Å². The van der Waals surface area contributed by atoms with Crippen LogP contribution in [-0.4, -0.2) is 52.8 Å². The van der Waals surface area contributed by atoms with E-state index in [0.717, 1.165) is 43.0 Å². The quantitative estimate of drug-likeness (QED) is 0.325. The highest BCUT2D eigenvalue weighted by Gasteiger charge is 2.49. The maximum Gasteiger partial charge on any atom is 0.399 e. The van der Waals surface area contributed by atoms with Gasteiger partial charge in [-0.25, -0.2) is 9.37 Å². The molecule has 1 fully saturated rings. The average molecular weight is 542 g/mol. The van der Waals surface area contributed by atoms with E-state index < -0.39 is 23.3 Å². The predicted molar refractivity (Wildman–Crippen MR) is 140 cm³/mol. The van der Waals surface area contributed by atoms with Gasteiger partial charge in [0, 0.05) is 49.0 Å². The first-order chi connectivity index (χ1) is 18.5. The van der Waals surface area contributed by atoms with Crippen molar-refractivity contribution in [3.05, 3.63) is 77.8 Å². The van der Waals surface area contributed by atoms with E-state index in [4.69, 9.17) is 4.74 Å². The van der Waals surface area contributed by atoms with Crippen LogP contribution in [0.5, 0.6) is 0 Å². The van der Waals surface area contributed by atoms with Crippen molar-refractivity contribution in [2.24, 2.45) is 0 Å². The van der Waals surface area contributed by atoms with Crippen LogP contribution in [0.1, 0.15) is 35.5 Å². The van der Waals surface area contributed by atoms with Crippen LogP contribution in [0.3, 0.4) is 0 Å². The summed E-state index contributed by atoms with van der Waals surface area (Å²) in [6, 6.07) is 7.21. The number of halogens is 4. The minimum atomic E-state index is -4.57. The maximum absolute atomic E-state index is 15.0. The second kappa shape index (κ2) is 9.96. The smallest absolute Gasteiger partial charge is 0.378 e. The normalized spacial score (nSPS) is 14.6. The van der Waals surface area contributed by atoms with Gasteiger partial charge >= 0.3 is 6.18 Å². The number of ether oxygens (including phenoxy) is 1. The molecule has 0 unspecified atom stereocenters. The lowest BCUT2D eigenvalue weighted by Crippen LogP contribution is -2.37. The van der Waals surface area contributed by atoms with E-state index in [1.54, 1.807) is 13.1 Å². The average Bonchev–Trinajstić information content (AvgIpc) is 3.38. The van der Waals surface area contributed by atoms with Crippen LogP contribution in [0.25, 0.3) is 16.8 Å². The van der Waals surface area contributed by atoms with Gasteiger partial charge in [0.2, 0.25) is 0 Å². The molecule has 5 rings (SSSR count). The molecule has 1 saturated heterocycles. The van der Waals surface area contributed by atoms with Crippen molar-refractivity contribution in [2.45, 2.75) is 32.4 Å². The third-order valence-electron chi connectivity index (χ3n) is 7.06. The van der Waals surface area contributed by atoms with Crippen LogP contribution in [0.15, 0.2) is 55.1 Å². The van der Waals surface area contributed by atoms with Crippen LogP contribution >= 0.6 is 0 Å². The third-order valence-corrected chi connectivity index (χ3v) is 7.06. The number of nitrogens with one attached hydrogen (secondary N) is 1. The van der Waals surface area contributed by atoms with Gasteiger partial charge in [0.05, 0.1) is 30.3 Å². The summed E-state index contributed by atoms with van der Waals surface area (Å²) in [7, 11) is 0. The molecular formula is C28H27F4N5O2. The Kier molecular flexibility index (Phi) is 6.79. The highest BCUT2D eigenvalue weighted by molar-refractivity contribution is 6.04. The van der Waals surface area contributed by atoms with Crippen molar-refractivity contribution < 1.29 is 27.1 Å². The summed E-state index contributed by atoms with van der Waals surface area (Å²) >= 11 is 0. The number of rotatable bonds is 5. The lowest BCUT2D eigenvalue weighted by molar-refractivity contribution is -0.181. The van der Waals surface area contributed by atoms with Crippen LogP contribution < -0.4 is 10.2 Å². The summed E-state index contributed by atoms with van der Waals surface area (Å²) < 4.78 is 62.9. The standard InChI is InChI=1S/C28H27F4N5O2/c1-17-12-21(29)22(35-26(38)18-4-5-33-24(14-18)27(2,3)28(30,31)32)15-20(17)19-13-23(36-8-10-39-11-9-36)25-34-6-7-37(25)16-19/h4-7,12-16H,8-11H2,1-3H3,(H,35,38). The number of nitrogens with zero attached hydrogens (tertiary/aromatic N) is 4. The van der Waals surface area contributed by atoms with Crippen molar-refractivity contribution in [3.63, 3.8) is 0 Å². The molecule has 39 heavy (non-hydrogen) atoms. The topological polar surface area (TPSA) is 71.8 Å². The van der Waals surface area contributed by atoms with Gasteiger partial charge in [0.1, 0.15) is 11.2 Å². The Hall–Kier alpha value is -3.99. The zero-order valence-corrected chi connectivity index (χ0v) is 21.6. The zero-order chi connectivity index (χ0) is 27.9. The molecule has 1 N–H and O–H groups in total.